The molecule has 0 fully saturated rings. The summed E-state index contributed by atoms with van der Waals surface area (Å²) in [5, 5.41) is 0. The number of rotatable bonds is 12. The Morgan fingerprint density at radius 2 is 0.472 bits per heavy atom. The molecule has 3 aliphatic carbocycles. The molecule has 0 aromatic heterocycles. The molecule has 3 heteroatoms. The molecule has 18 aromatic carbocycles. The van der Waals surface area contributed by atoms with Crippen molar-refractivity contribution in [3.05, 3.63) is 572 Å². The third-order valence-electron chi connectivity index (χ3n) is 24.2. The van der Waals surface area contributed by atoms with Gasteiger partial charge in [-0.15, -0.1) is 58.1 Å². The van der Waals surface area contributed by atoms with Crippen molar-refractivity contribution < 1.29 is 98.1 Å². The minimum Gasteiger partial charge on any atom is -0.226 e. The molecule has 0 atom stereocenters. The van der Waals surface area contributed by atoms with Gasteiger partial charge in [-0.05, 0) is 133 Å². The number of aryl methyl sites for hydroxylation is 9. The SMILES string of the molecule is CC.CC.CC.CC.CC.CC.CC.CC.CC.CCc1cc(C)cc(C)c1.CCc1cc(C)cc(C)c1.CCc1cc(C)cc(C)c1.[Y].[Y].[Y].[c-]1ccccc1-c1[c-]c2c(cc1)-c1ccccc1C2(c1ccccc1)c1ccccc1.[c-]1ccccc1-c1[c-]cc2c(c1)-c1ccccc1C2(c1ccccc1)c1ccccc1.[c-]1ccccc1-c1[c-]ccc2c1-c1ccccc1C2(c1ccccc1)c1ccccc1. The second-order valence-corrected chi connectivity index (χ2v) is 32.4. The molecule has 0 unspecified atom stereocenters. The summed E-state index contributed by atoms with van der Waals surface area (Å²) >= 11 is 0. The van der Waals surface area contributed by atoms with Crippen LogP contribution in [0, 0.1) is 77.9 Å². The molecule has 735 valence electrons. The molecule has 0 nitrogen and oxygen atoms in total. The van der Waals surface area contributed by atoms with Crippen LogP contribution in [0.15, 0.2) is 419 Å². The fraction of sp³-hybridized carbons (Fsp3) is 0.234. The zero-order chi connectivity index (χ0) is 103. The van der Waals surface area contributed by atoms with Crippen molar-refractivity contribution in [3.63, 3.8) is 0 Å². The second kappa shape index (κ2) is 67.1. The van der Waals surface area contributed by atoms with Gasteiger partial charge in [0.15, 0.2) is 0 Å². The van der Waals surface area contributed by atoms with E-state index in [4.69, 9.17) is 0 Å². The maximum Gasteiger partial charge on any atom is 0.0530 e. The van der Waals surface area contributed by atoms with Gasteiger partial charge in [-0.3, -0.25) is 0 Å². The van der Waals surface area contributed by atoms with Gasteiger partial charge in [-0.1, -0.05) is 505 Å². The Morgan fingerprint density at radius 3 is 0.806 bits per heavy atom. The van der Waals surface area contributed by atoms with E-state index in [1.54, 1.807) is 0 Å². The van der Waals surface area contributed by atoms with Gasteiger partial charge >= 0.3 is 0 Å². The second-order valence-electron chi connectivity index (χ2n) is 32.4. The van der Waals surface area contributed by atoms with Crippen molar-refractivity contribution in [1.82, 2.24) is 0 Å². The predicted molar refractivity (Wildman–Crippen MR) is 619 cm³/mol. The van der Waals surface area contributed by atoms with Gasteiger partial charge in [0.25, 0.3) is 0 Å². The maximum atomic E-state index is 3.84. The predicted octanol–water partition coefficient (Wildman–Crippen LogP) is 39.8. The normalized spacial score (nSPS) is 11.1. The smallest absolute Gasteiger partial charge is 0.0530 e. The fourth-order valence-corrected chi connectivity index (χ4v) is 19.2. The number of hydrogen-bond acceptors (Lipinski definition) is 0. The van der Waals surface area contributed by atoms with Crippen LogP contribution in [0.25, 0.3) is 66.8 Å². The standard InChI is InChI=1S/3C31H20.3C10H14.9C2H6.3Y/c1-4-13-23(14-5-1)26-20-12-22-29-30(26)27-19-10-11-21-28(27)31(29,24-15-6-2-7-16-24)25-17-8-3-9-18-25;1-4-12-23(13-5-1)24-20-21-30-28(22-24)27-18-10-11-19-29(27)31(30,25-14-6-2-7-15-25)26-16-8-3-9-17-26;1-4-12-23(13-5-1)24-20-21-28-27-18-10-11-19-29(27)31(30(28)22-24,25-14-6-2-7-15-25)26-16-8-3-9-17-26;3*1-4-10-6-8(2)5-9(3)7-10;9*1-2;;;/h1-13,15-19,21-22H;1-12,14-19,21-22H;1-12,14-21H;3*5-7H,4H2,1-3H3;9*1-2H3;;;/q3*-2;;;;;;;;;;;;;;;. The summed E-state index contributed by atoms with van der Waals surface area (Å²) in [4.78, 5) is 0. The van der Waals surface area contributed by atoms with Crippen LogP contribution in [0.2, 0.25) is 0 Å². The van der Waals surface area contributed by atoms with E-state index in [9.17, 15) is 0 Å². The molecule has 0 bridgehead atoms. The molecule has 3 aliphatic rings. The summed E-state index contributed by atoms with van der Waals surface area (Å²) in [6.45, 7) is 55.4. The summed E-state index contributed by atoms with van der Waals surface area (Å²) in [7, 11) is 0. The van der Waals surface area contributed by atoms with Gasteiger partial charge in [0.2, 0.25) is 0 Å². The zero-order valence-electron chi connectivity index (χ0n) is 91.7. The first kappa shape index (κ1) is 126. The van der Waals surface area contributed by atoms with Crippen molar-refractivity contribution >= 4 is 0 Å². The number of hydrogen-bond donors (Lipinski definition) is 0. The molecule has 0 heterocycles. The van der Waals surface area contributed by atoms with Crippen LogP contribution < -0.4 is 0 Å². The Labute approximate surface area is 949 Å². The topological polar surface area (TPSA) is 0 Å². The summed E-state index contributed by atoms with van der Waals surface area (Å²) in [5.74, 6) is 0. The van der Waals surface area contributed by atoms with Crippen molar-refractivity contribution in [3.8, 4) is 66.8 Å². The third-order valence-corrected chi connectivity index (χ3v) is 24.2. The molecule has 0 spiro atoms. The molecule has 0 amide bonds. The average molecular weight is 2120 g/mol. The van der Waals surface area contributed by atoms with Gasteiger partial charge < -0.3 is 0 Å². The quantitative estimate of drug-likeness (QED) is 0.107. The molecule has 18 aromatic rings. The van der Waals surface area contributed by atoms with Crippen LogP contribution in [-0.4, -0.2) is 0 Å². The van der Waals surface area contributed by atoms with Crippen LogP contribution in [-0.2, 0) is 134 Å². The Balaban J connectivity index is 0.000000365. The number of fused-ring (bicyclic) bond motifs is 9. The Bertz CT molecular complexity index is 6200. The number of benzene rings is 18. The molecule has 0 saturated heterocycles. The van der Waals surface area contributed by atoms with Crippen LogP contribution in [0.5, 0.6) is 0 Å². The van der Waals surface area contributed by atoms with Gasteiger partial charge in [0, 0.05) is 104 Å². The molecule has 144 heavy (non-hydrogen) atoms. The van der Waals surface area contributed by atoms with E-state index < -0.39 is 5.41 Å². The summed E-state index contributed by atoms with van der Waals surface area (Å²) < 4.78 is 0. The summed E-state index contributed by atoms with van der Waals surface area (Å²) in [6, 6.07) is 170. The van der Waals surface area contributed by atoms with Gasteiger partial charge in [-0.2, -0.15) is 115 Å². The first-order chi connectivity index (χ1) is 69.3. The van der Waals surface area contributed by atoms with E-state index in [0.29, 0.717) is 0 Å². The van der Waals surface area contributed by atoms with Crippen LogP contribution in [0.4, 0.5) is 0 Å². The van der Waals surface area contributed by atoms with E-state index in [1.165, 1.54) is 150 Å². The summed E-state index contributed by atoms with van der Waals surface area (Å²) in [5.41, 5.74) is 40.9. The Kier molecular flexibility index (Phi) is 58.5. The van der Waals surface area contributed by atoms with Gasteiger partial charge in [0.05, 0.1) is 10.8 Å². The van der Waals surface area contributed by atoms with E-state index in [0.717, 1.165) is 52.6 Å². The molecule has 0 aliphatic heterocycles. The first-order valence-electron chi connectivity index (χ1n) is 52.3. The van der Waals surface area contributed by atoms with Crippen molar-refractivity contribution in [2.24, 2.45) is 0 Å². The van der Waals surface area contributed by atoms with Crippen LogP contribution in [0.3, 0.4) is 0 Å². The average Bonchev–Trinajstić information content (AvgIpc) is 1.50. The molecular weight excluding hydrogens is 1960 g/mol. The van der Waals surface area contributed by atoms with E-state index in [-0.39, 0.29) is 109 Å². The van der Waals surface area contributed by atoms with E-state index in [1.807, 2.05) is 161 Å². The van der Waals surface area contributed by atoms with Gasteiger partial charge in [-0.25, -0.2) is 33.4 Å². The minimum absolute atomic E-state index is 0. The molecule has 3 radical (unpaired) electrons. The monoisotopic (exact) mass is 2120 g/mol. The van der Waals surface area contributed by atoms with Crippen LogP contribution in [0.1, 0.15) is 262 Å². The van der Waals surface area contributed by atoms with Crippen LogP contribution >= 0.6 is 0 Å². The largest absolute Gasteiger partial charge is 0.226 e. The van der Waals surface area contributed by atoms with E-state index in [2.05, 4.69) is 481 Å². The Hall–Kier alpha value is -10.7. The summed E-state index contributed by atoms with van der Waals surface area (Å²) in [6.07, 6.45) is 3.42. The van der Waals surface area contributed by atoms with Crippen molar-refractivity contribution in [2.45, 2.75) is 222 Å². The van der Waals surface area contributed by atoms with Gasteiger partial charge in [0.1, 0.15) is 0 Å². The maximum absolute atomic E-state index is 3.84. The Morgan fingerprint density at radius 1 is 0.194 bits per heavy atom. The third kappa shape index (κ3) is 30.1. The van der Waals surface area contributed by atoms with Crippen molar-refractivity contribution in [1.29, 1.82) is 0 Å². The van der Waals surface area contributed by atoms with E-state index >= 15 is 0 Å². The molecule has 0 saturated carbocycles. The molecule has 21 rings (SSSR count). The van der Waals surface area contributed by atoms with Crippen molar-refractivity contribution in [2.75, 3.05) is 0 Å². The molecule has 0 N–H and O–H groups in total. The fourth-order valence-electron chi connectivity index (χ4n) is 19.2. The molecular formula is C141H156Y3-6. The first-order valence-corrected chi connectivity index (χ1v) is 52.3. The zero-order valence-corrected chi connectivity index (χ0v) is 100. The minimum atomic E-state index is -0.404.